The minimum absolute atomic E-state index is 0.184. The van der Waals surface area contributed by atoms with Gasteiger partial charge in [0.2, 0.25) is 0 Å². The van der Waals surface area contributed by atoms with Crippen molar-refractivity contribution in [2.45, 2.75) is 11.3 Å². The van der Waals surface area contributed by atoms with Crippen LogP contribution in [0.2, 0.25) is 0 Å². The fraction of sp³-hybridized carbons (Fsp3) is 0.333. The molecule has 2 aromatic rings. The highest BCUT2D eigenvalue weighted by atomic mass is 32.2. The van der Waals surface area contributed by atoms with Crippen molar-refractivity contribution >= 4 is 21.6 Å². The zero-order chi connectivity index (χ0) is 17.3. The molecule has 0 aliphatic carbocycles. The number of rotatable bonds is 10. The standard InChI is InChI=1S/C18H22O4S2/c1-21-16-8-10-17(11-9-16)22-12-14-23-13-5-15-24(19,20)18-6-3-2-4-7-18/h2-4,6-11H,5,12-15H2,1H3. The lowest BCUT2D eigenvalue weighted by molar-refractivity contribution is 0.342. The van der Waals surface area contributed by atoms with E-state index in [-0.39, 0.29) is 5.75 Å². The van der Waals surface area contributed by atoms with E-state index in [1.54, 1.807) is 43.1 Å². The van der Waals surface area contributed by atoms with Gasteiger partial charge < -0.3 is 9.47 Å². The number of methoxy groups -OCH3 is 1. The molecule has 0 radical (unpaired) electrons. The van der Waals surface area contributed by atoms with Gasteiger partial charge in [0.15, 0.2) is 9.84 Å². The van der Waals surface area contributed by atoms with Crippen LogP contribution >= 0.6 is 11.8 Å². The Balaban J connectivity index is 1.60. The fourth-order valence-corrected chi connectivity index (χ4v) is 4.36. The van der Waals surface area contributed by atoms with Crippen LogP contribution in [-0.2, 0) is 9.84 Å². The lowest BCUT2D eigenvalue weighted by Gasteiger charge is -2.07. The summed E-state index contributed by atoms with van der Waals surface area (Å²) in [5, 5.41) is 0. The van der Waals surface area contributed by atoms with Gasteiger partial charge in [-0.2, -0.15) is 11.8 Å². The molecule has 2 aromatic carbocycles. The van der Waals surface area contributed by atoms with Crippen LogP contribution in [0.1, 0.15) is 6.42 Å². The molecule has 0 aliphatic heterocycles. The Morgan fingerprint density at radius 3 is 2.25 bits per heavy atom. The van der Waals surface area contributed by atoms with Crippen LogP contribution in [0.3, 0.4) is 0 Å². The van der Waals surface area contributed by atoms with Crippen molar-refractivity contribution in [2.24, 2.45) is 0 Å². The first-order valence-corrected chi connectivity index (χ1v) is 10.5. The zero-order valence-corrected chi connectivity index (χ0v) is 15.3. The first-order valence-electron chi connectivity index (χ1n) is 7.74. The fourth-order valence-electron chi connectivity index (χ4n) is 2.09. The van der Waals surface area contributed by atoms with E-state index in [4.69, 9.17) is 9.47 Å². The molecule has 0 N–H and O–H groups in total. The molecule has 24 heavy (non-hydrogen) atoms. The van der Waals surface area contributed by atoms with Gasteiger partial charge in [-0.1, -0.05) is 18.2 Å². The number of hydrogen-bond donors (Lipinski definition) is 0. The summed E-state index contributed by atoms with van der Waals surface area (Å²) in [6, 6.07) is 16.1. The van der Waals surface area contributed by atoms with Crippen molar-refractivity contribution in [2.75, 3.05) is 31.0 Å². The molecule has 0 saturated heterocycles. The summed E-state index contributed by atoms with van der Waals surface area (Å²) < 4.78 is 34.9. The Hall–Kier alpha value is -1.66. The average molecular weight is 367 g/mol. The average Bonchev–Trinajstić information content (AvgIpc) is 2.62. The molecule has 0 aromatic heterocycles. The molecule has 0 saturated carbocycles. The minimum Gasteiger partial charge on any atom is -0.497 e. The van der Waals surface area contributed by atoms with Crippen molar-refractivity contribution in [1.82, 2.24) is 0 Å². The molecule has 0 spiro atoms. The van der Waals surface area contributed by atoms with Gasteiger partial charge in [-0.3, -0.25) is 0 Å². The van der Waals surface area contributed by atoms with E-state index in [0.29, 0.717) is 17.9 Å². The van der Waals surface area contributed by atoms with Gasteiger partial charge in [-0.25, -0.2) is 8.42 Å². The first kappa shape index (κ1) is 18.7. The minimum atomic E-state index is -3.16. The van der Waals surface area contributed by atoms with Gasteiger partial charge in [-0.15, -0.1) is 0 Å². The monoisotopic (exact) mass is 366 g/mol. The Morgan fingerprint density at radius 1 is 0.917 bits per heavy atom. The molecule has 130 valence electrons. The topological polar surface area (TPSA) is 52.6 Å². The molecule has 0 aliphatic rings. The van der Waals surface area contributed by atoms with E-state index in [9.17, 15) is 8.42 Å². The lowest BCUT2D eigenvalue weighted by Crippen LogP contribution is -2.08. The maximum absolute atomic E-state index is 12.1. The quantitative estimate of drug-likeness (QED) is 0.601. The Morgan fingerprint density at radius 2 is 1.58 bits per heavy atom. The van der Waals surface area contributed by atoms with Crippen LogP contribution < -0.4 is 9.47 Å². The number of hydrogen-bond acceptors (Lipinski definition) is 5. The molecule has 2 rings (SSSR count). The molecule has 0 heterocycles. The third-order valence-electron chi connectivity index (χ3n) is 3.36. The highest BCUT2D eigenvalue weighted by molar-refractivity contribution is 7.99. The predicted octanol–water partition coefficient (Wildman–Crippen LogP) is 3.67. The smallest absolute Gasteiger partial charge is 0.178 e. The van der Waals surface area contributed by atoms with E-state index in [1.165, 1.54) is 0 Å². The van der Waals surface area contributed by atoms with Gasteiger partial charge in [-0.05, 0) is 48.6 Å². The highest BCUT2D eigenvalue weighted by Crippen LogP contribution is 2.17. The predicted molar refractivity (Wildman–Crippen MR) is 98.9 cm³/mol. The molecule has 0 unspecified atom stereocenters. The van der Waals surface area contributed by atoms with Crippen LogP contribution in [0, 0.1) is 0 Å². The second-order valence-electron chi connectivity index (χ2n) is 5.12. The summed E-state index contributed by atoms with van der Waals surface area (Å²) in [6.45, 7) is 0.600. The Labute approximate surface area is 148 Å². The summed E-state index contributed by atoms with van der Waals surface area (Å²) in [4.78, 5) is 0.401. The van der Waals surface area contributed by atoms with Crippen LogP contribution in [-0.4, -0.2) is 39.4 Å². The van der Waals surface area contributed by atoms with Gasteiger partial charge >= 0.3 is 0 Å². The molecule has 0 bridgehead atoms. The normalized spacial score (nSPS) is 11.2. The zero-order valence-electron chi connectivity index (χ0n) is 13.7. The summed E-state index contributed by atoms with van der Waals surface area (Å²) in [6.07, 6.45) is 0.643. The summed E-state index contributed by atoms with van der Waals surface area (Å²) in [7, 11) is -1.53. The van der Waals surface area contributed by atoms with Crippen LogP contribution in [0.5, 0.6) is 11.5 Å². The molecule has 6 heteroatoms. The van der Waals surface area contributed by atoms with Crippen molar-refractivity contribution in [3.8, 4) is 11.5 Å². The summed E-state index contributed by atoms with van der Waals surface area (Å²) in [5.74, 6) is 3.43. The van der Waals surface area contributed by atoms with Gasteiger partial charge in [0.25, 0.3) is 0 Å². The SMILES string of the molecule is COc1ccc(OCCSCCCS(=O)(=O)c2ccccc2)cc1. The van der Waals surface area contributed by atoms with Crippen molar-refractivity contribution in [3.05, 3.63) is 54.6 Å². The number of sulfone groups is 1. The van der Waals surface area contributed by atoms with Crippen LogP contribution in [0.4, 0.5) is 0 Å². The van der Waals surface area contributed by atoms with Gasteiger partial charge in [0, 0.05) is 5.75 Å². The van der Waals surface area contributed by atoms with Crippen molar-refractivity contribution in [1.29, 1.82) is 0 Å². The van der Waals surface area contributed by atoms with Crippen molar-refractivity contribution in [3.63, 3.8) is 0 Å². The van der Waals surface area contributed by atoms with E-state index in [1.807, 2.05) is 30.3 Å². The Bertz CT molecular complexity index is 698. The number of thioether (sulfide) groups is 1. The van der Waals surface area contributed by atoms with E-state index < -0.39 is 9.84 Å². The lowest BCUT2D eigenvalue weighted by atomic mass is 10.3. The second-order valence-corrected chi connectivity index (χ2v) is 8.46. The number of ether oxygens (including phenoxy) is 2. The molecule has 4 nitrogen and oxygen atoms in total. The van der Waals surface area contributed by atoms with Gasteiger partial charge in [0.05, 0.1) is 24.4 Å². The third kappa shape index (κ3) is 6.09. The highest BCUT2D eigenvalue weighted by Gasteiger charge is 2.12. The largest absolute Gasteiger partial charge is 0.497 e. The molecule has 0 amide bonds. The summed E-state index contributed by atoms with van der Waals surface area (Å²) >= 11 is 1.70. The third-order valence-corrected chi connectivity index (χ3v) is 6.21. The maximum atomic E-state index is 12.1. The van der Waals surface area contributed by atoms with Crippen LogP contribution in [0.15, 0.2) is 59.5 Å². The van der Waals surface area contributed by atoms with E-state index in [2.05, 4.69) is 0 Å². The second kappa shape index (κ2) is 9.59. The molecule has 0 atom stereocenters. The van der Waals surface area contributed by atoms with Crippen LogP contribution in [0.25, 0.3) is 0 Å². The molecule has 0 fully saturated rings. The first-order chi connectivity index (χ1) is 11.6. The molecular formula is C18H22O4S2. The van der Waals surface area contributed by atoms with Gasteiger partial charge in [0.1, 0.15) is 11.5 Å². The summed E-state index contributed by atoms with van der Waals surface area (Å²) in [5.41, 5.74) is 0. The molecular weight excluding hydrogens is 344 g/mol. The Kier molecular flexibility index (Phi) is 7.46. The van der Waals surface area contributed by atoms with E-state index in [0.717, 1.165) is 23.0 Å². The van der Waals surface area contributed by atoms with Crippen molar-refractivity contribution < 1.29 is 17.9 Å². The maximum Gasteiger partial charge on any atom is 0.178 e. The van der Waals surface area contributed by atoms with E-state index >= 15 is 0 Å². The number of benzene rings is 2.